The van der Waals surface area contributed by atoms with Crippen molar-refractivity contribution in [3.05, 3.63) is 48.0 Å². The number of rotatable bonds is 5. The van der Waals surface area contributed by atoms with Gasteiger partial charge < -0.3 is 21.1 Å². The molecule has 1 saturated carbocycles. The maximum atomic E-state index is 11.6. The molecule has 1 aliphatic carbocycles. The summed E-state index contributed by atoms with van der Waals surface area (Å²) in [6, 6.07) is 13.3. The van der Waals surface area contributed by atoms with Gasteiger partial charge in [0, 0.05) is 24.3 Å². The van der Waals surface area contributed by atoms with Crippen molar-refractivity contribution in [2.45, 2.75) is 37.8 Å². The summed E-state index contributed by atoms with van der Waals surface area (Å²) in [5.41, 5.74) is 2.14. The van der Waals surface area contributed by atoms with Gasteiger partial charge in [-0.25, -0.2) is 0 Å². The van der Waals surface area contributed by atoms with Gasteiger partial charge in [0.1, 0.15) is 5.82 Å². The minimum absolute atomic E-state index is 0.122. The Morgan fingerprint density at radius 3 is 2.57 bits per heavy atom. The first-order valence-corrected chi connectivity index (χ1v) is 9.52. The normalized spacial score (nSPS) is 19.4. The Morgan fingerprint density at radius 2 is 1.86 bits per heavy atom. The van der Waals surface area contributed by atoms with Crippen LogP contribution in [0.1, 0.15) is 36.0 Å². The van der Waals surface area contributed by atoms with Crippen molar-refractivity contribution in [2.24, 2.45) is 0 Å². The number of hydrogen-bond donors (Lipinski definition) is 4. The number of aliphatic hydroxyl groups is 1. The number of amides is 1. The zero-order valence-corrected chi connectivity index (χ0v) is 15.7. The van der Waals surface area contributed by atoms with Crippen molar-refractivity contribution in [2.75, 3.05) is 17.7 Å². The molecule has 8 nitrogen and oxygen atoms in total. The zero-order chi connectivity index (χ0) is 19.5. The van der Waals surface area contributed by atoms with E-state index < -0.39 is 0 Å². The highest BCUT2D eigenvalue weighted by atomic mass is 16.3. The van der Waals surface area contributed by atoms with Gasteiger partial charge in [0.25, 0.3) is 5.91 Å². The van der Waals surface area contributed by atoms with Gasteiger partial charge in [-0.3, -0.25) is 4.79 Å². The van der Waals surface area contributed by atoms with E-state index in [2.05, 4.69) is 26.0 Å². The average Bonchev–Trinajstić information content (AvgIpc) is 3.13. The van der Waals surface area contributed by atoms with Gasteiger partial charge in [-0.1, -0.05) is 6.07 Å². The van der Waals surface area contributed by atoms with Crippen molar-refractivity contribution < 1.29 is 9.90 Å². The zero-order valence-electron chi connectivity index (χ0n) is 15.7. The Hall–Kier alpha value is -3.13. The topological polar surface area (TPSA) is 104 Å². The van der Waals surface area contributed by atoms with E-state index in [1.54, 1.807) is 23.7 Å². The molecule has 2 aromatic heterocycles. The third kappa shape index (κ3) is 3.91. The Balaban J connectivity index is 1.50. The molecule has 4 N–H and O–H groups in total. The second-order valence-electron chi connectivity index (χ2n) is 7.05. The molecule has 28 heavy (non-hydrogen) atoms. The van der Waals surface area contributed by atoms with Crippen molar-refractivity contribution in [1.82, 2.24) is 19.9 Å². The Labute approximate surface area is 163 Å². The van der Waals surface area contributed by atoms with Crippen LogP contribution in [0.15, 0.2) is 42.5 Å². The number of fused-ring (bicyclic) bond motifs is 1. The van der Waals surface area contributed by atoms with Gasteiger partial charge in [-0.15, -0.1) is 5.10 Å². The molecule has 146 valence electrons. The predicted octanol–water partition coefficient (Wildman–Crippen LogP) is 2.55. The van der Waals surface area contributed by atoms with Crippen molar-refractivity contribution in [3.63, 3.8) is 0 Å². The molecular formula is C20H24N6O2. The number of nitrogens with one attached hydrogen (secondary N) is 3. The fourth-order valence-electron chi connectivity index (χ4n) is 3.48. The third-order valence-electron chi connectivity index (χ3n) is 5.04. The van der Waals surface area contributed by atoms with E-state index in [1.807, 2.05) is 30.3 Å². The number of anilines is 3. The van der Waals surface area contributed by atoms with Crippen LogP contribution in [0.4, 0.5) is 17.5 Å². The molecule has 0 radical (unpaired) electrons. The summed E-state index contributed by atoms with van der Waals surface area (Å²) >= 11 is 0. The van der Waals surface area contributed by atoms with E-state index in [0.717, 1.165) is 42.8 Å². The lowest BCUT2D eigenvalue weighted by Gasteiger charge is -2.26. The number of hydrogen-bond acceptors (Lipinski definition) is 6. The van der Waals surface area contributed by atoms with E-state index in [-0.39, 0.29) is 12.0 Å². The molecule has 1 fully saturated rings. The van der Waals surface area contributed by atoms with E-state index in [1.165, 1.54) is 0 Å². The molecule has 3 aromatic rings. The number of aromatic nitrogens is 3. The summed E-state index contributed by atoms with van der Waals surface area (Å²) in [5.74, 6) is 1.25. The van der Waals surface area contributed by atoms with Crippen LogP contribution in [0.25, 0.3) is 5.65 Å². The van der Waals surface area contributed by atoms with Gasteiger partial charge >= 0.3 is 0 Å². The van der Waals surface area contributed by atoms with Crippen LogP contribution in [-0.2, 0) is 0 Å². The highest BCUT2D eigenvalue weighted by Crippen LogP contribution is 2.23. The van der Waals surface area contributed by atoms with Gasteiger partial charge in [-0.05, 0) is 62.1 Å². The predicted molar refractivity (Wildman–Crippen MR) is 108 cm³/mol. The number of carbonyl (C=O) groups is 1. The first-order chi connectivity index (χ1) is 13.6. The van der Waals surface area contributed by atoms with Gasteiger partial charge in [-0.2, -0.15) is 9.50 Å². The first-order valence-electron chi connectivity index (χ1n) is 9.52. The average molecular weight is 380 g/mol. The Kier molecular flexibility index (Phi) is 5.12. The molecule has 2 heterocycles. The molecule has 0 unspecified atom stereocenters. The molecule has 0 aliphatic heterocycles. The highest BCUT2D eigenvalue weighted by molar-refractivity contribution is 5.94. The largest absolute Gasteiger partial charge is 0.393 e. The maximum absolute atomic E-state index is 11.6. The lowest BCUT2D eigenvalue weighted by molar-refractivity contribution is 0.0963. The maximum Gasteiger partial charge on any atom is 0.251 e. The number of pyridine rings is 1. The second kappa shape index (κ2) is 7.85. The number of benzene rings is 1. The lowest BCUT2D eigenvalue weighted by atomic mass is 9.93. The number of carbonyl (C=O) groups excluding carboxylic acids is 1. The molecule has 1 aromatic carbocycles. The minimum Gasteiger partial charge on any atom is -0.393 e. The quantitative estimate of drug-likeness (QED) is 0.542. The lowest BCUT2D eigenvalue weighted by Crippen LogP contribution is -2.29. The first kappa shape index (κ1) is 18.2. The van der Waals surface area contributed by atoms with E-state index >= 15 is 0 Å². The summed E-state index contributed by atoms with van der Waals surface area (Å²) in [7, 11) is 1.61. The summed E-state index contributed by atoms with van der Waals surface area (Å²) in [6.45, 7) is 0. The van der Waals surface area contributed by atoms with Crippen LogP contribution in [-0.4, -0.2) is 44.8 Å². The Bertz CT molecular complexity index is 960. The van der Waals surface area contributed by atoms with E-state index in [4.69, 9.17) is 0 Å². The number of nitrogens with zero attached hydrogens (tertiary/aromatic N) is 3. The van der Waals surface area contributed by atoms with Gasteiger partial charge in [0.15, 0.2) is 5.65 Å². The van der Waals surface area contributed by atoms with E-state index in [9.17, 15) is 9.90 Å². The fourth-order valence-corrected chi connectivity index (χ4v) is 3.48. The van der Waals surface area contributed by atoms with E-state index in [0.29, 0.717) is 17.6 Å². The fraction of sp³-hybridized carbons (Fsp3) is 0.350. The smallest absolute Gasteiger partial charge is 0.251 e. The summed E-state index contributed by atoms with van der Waals surface area (Å²) < 4.78 is 1.78. The van der Waals surface area contributed by atoms with Crippen molar-refractivity contribution in [3.8, 4) is 0 Å². The SMILES string of the molecule is CNC(=O)c1ccc(Nc2nc3cccc(NC4CCC(O)CC4)n3n2)cc1. The molecule has 0 bridgehead atoms. The molecule has 1 aliphatic rings. The van der Waals surface area contributed by atoms with Crippen LogP contribution in [0.5, 0.6) is 0 Å². The monoisotopic (exact) mass is 380 g/mol. The molecule has 0 spiro atoms. The van der Waals surface area contributed by atoms with Gasteiger partial charge in [0.2, 0.25) is 5.95 Å². The molecule has 0 atom stereocenters. The van der Waals surface area contributed by atoms with Crippen LogP contribution >= 0.6 is 0 Å². The molecule has 0 saturated heterocycles. The van der Waals surface area contributed by atoms with Gasteiger partial charge in [0.05, 0.1) is 6.10 Å². The molecule has 8 heteroatoms. The standard InChI is InChI=1S/C20H24N6O2/c1-21-19(28)13-5-7-15(8-6-13)23-20-24-18-4-2-3-17(26(18)25-20)22-14-9-11-16(27)12-10-14/h2-8,14,16,22,27H,9-12H2,1H3,(H,21,28)(H,23,25). The summed E-state index contributed by atoms with van der Waals surface area (Å²) in [4.78, 5) is 16.2. The van der Waals surface area contributed by atoms with Crippen LogP contribution in [0.3, 0.4) is 0 Å². The molecule has 1 amide bonds. The molecular weight excluding hydrogens is 356 g/mol. The molecule has 4 rings (SSSR count). The highest BCUT2D eigenvalue weighted by Gasteiger charge is 2.20. The summed E-state index contributed by atoms with van der Waals surface area (Å²) in [5, 5.41) is 23.6. The van der Waals surface area contributed by atoms with Crippen LogP contribution in [0, 0.1) is 0 Å². The number of aliphatic hydroxyl groups excluding tert-OH is 1. The van der Waals surface area contributed by atoms with Crippen molar-refractivity contribution >= 4 is 29.0 Å². The van der Waals surface area contributed by atoms with Crippen LogP contribution < -0.4 is 16.0 Å². The minimum atomic E-state index is -0.175. The van der Waals surface area contributed by atoms with Crippen molar-refractivity contribution in [1.29, 1.82) is 0 Å². The second-order valence-corrected chi connectivity index (χ2v) is 7.05. The van der Waals surface area contributed by atoms with Crippen LogP contribution in [0.2, 0.25) is 0 Å². The Morgan fingerprint density at radius 1 is 1.11 bits per heavy atom. The summed E-state index contributed by atoms with van der Waals surface area (Å²) in [6.07, 6.45) is 3.35. The third-order valence-corrected chi connectivity index (χ3v) is 5.04.